The van der Waals surface area contributed by atoms with E-state index in [1.807, 2.05) is 0 Å². The molecule has 2 N–H and O–H groups in total. The molecule has 0 aromatic heterocycles. The van der Waals surface area contributed by atoms with E-state index in [1.54, 1.807) is 0 Å². The third-order valence-electron chi connectivity index (χ3n) is 2.64. The summed E-state index contributed by atoms with van der Waals surface area (Å²) in [7, 11) is 0.483. The van der Waals surface area contributed by atoms with E-state index < -0.39 is 22.0 Å². The van der Waals surface area contributed by atoms with Crippen LogP contribution in [0.3, 0.4) is 0 Å². The highest BCUT2D eigenvalue weighted by Crippen LogP contribution is 2.29. The van der Waals surface area contributed by atoms with Gasteiger partial charge >= 0.3 is 0 Å². The van der Waals surface area contributed by atoms with Gasteiger partial charge in [-0.25, -0.2) is 8.42 Å². The van der Waals surface area contributed by atoms with Gasteiger partial charge in [0.05, 0.1) is 25.2 Å². The van der Waals surface area contributed by atoms with E-state index in [9.17, 15) is 13.2 Å². The van der Waals surface area contributed by atoms with Gasteiger partial charge in [-0.2, -0.15) is 4.72 Å². The summed E-state index contributed by atoms with van der Waals surface area (Å²) in [6.07, 6.45) is 0. The molecule has 1 amide bonds. The Hall–Kier alpha value is -1.80. The number of sulfonamides is 1. The average molecular weight is 302 g/mol. The lowest BCUT2D eigenvalue weighted by atomic mass is 10.3. The van der Waals surface area contributed by atoms with Gasteiger partial charge in [-0.3, -0.25) is 4.79 Å². The lowest BCUT2D eigenvalue weighted by Crippen LogP contribution is -2.43. The molecule has 0 fully saturated rings. The van der Waals surface area contributed by atoms with E-state index in [0.717, 1.165) is 0 Å². The molecule has 112 valence electrons. The number of benzene rings is 1. The maximum atomic E-state index is 12.1. The first-order valence-electron chi connectivity index (χ1n) is 5.81. The van der Waals surface area contributed by atoms with E-state index >= 15 is 0 Å². The Bertz CT molecular complexity index is 586. The molecule has 1 unspecified atom stereocenters. The predicted octanol–water partition coefficient (Wildman–Crippen LogP) is 0.117. The summed E-state index contributed by atoms with van der Waals surface area (Å²) in [6.45, 7) is 1.46. The van der Waals surface area contributed by atoms with Crippen molar-refractivity contribution in [3.8, 4) is 11.5 Å². The maximum absolute atomic E-state index is 12.1. The normalized spacial score (nSPS) is 12.6. The van der Waals surface area contributed by atoms with Crippen LogP contribution < -0.4 is 19.5 Å². The van der Waals surface area contributed by atoms with Gasteiger partial charge in [0.25, 0.3) is 0 Å². The summed E-state index contributed by atoms with van der Waals surface area (Å²) in [5.74, 6) is 0.294. The highest BCUT2D eigenvalue weighted by molar-refractivity contribution is 7.89. The van der Waals surface area contributed by atoms with Crippen LogP contribution in [0.5, 0.6) is 11.5 Å². The van der Waals surface area contributed by atoms with Gasteiger partial charge in [0.2, 0.25) is 15.9 Å². The van der Waals surface area contributed by atoms with Crippen LogP contribution in [-0.2, 0) is 14.8 Å². The second-order valence-electron chi connectivity index (χ2n) is 3.97. The molecule has 0 bridgehead atoms. The topological polar surface area (TPSA) is 93.7 Å². The zero-order valence-electron chi connectivity index (χ0n) is 11.8. The number of likely N-dealkylation sites (N-methyl/N-ethyl adjacent to an activating group) is 1. The fourth-order valence-electron chi connectivity index (χ4n) is 1.55. The van der Waals surface area contributed by atoms with Crippen LogP contribution in [0.2, 0.25) is 0 Å². The molecule has 0 aliphatic carbocycles. The van der Waals surface area contributed by atoms with Gasteiger partial charge in [0, 0.05) is 13.1 Å². The summed E-state index contributed by atoms with van der Waals surface area (Å²) in [4.78, 5) is 11.4. The molecule has 0 saturated carbocycles. The Balaban J connectivity index is 3.07. The van der Waals surface area contributed by atoms with E-state index in [-0.39, 0.29) is 4.90 Å². The fraction of sp³-hybridized carbons (Fsp3) is 0.417. The summed E-state index contributed by atoms with van der Waals surface area (Å²) >= 11 is 0. The number of nitrogens with one attached hydrogen (secondary N) is 2. The van der Waals surface area contributed by atoms with Gasteiger partial charge in [-0.05, 0) is 19.1 Å². The summed E-state index contributed by atoms with van der Waals surface area (Å²) in [5, 5.41) is 2.37. The Kier molecular flexibility index (Phi) is 5.34. The second kappa shape index (κ2) is 6.58. The Labute approximate surface area is 118 Å². The minimum atomic E-state index is -3.82. The molecule has 0 radical (unpaired) electrons. The molecule has 20 heavy (non-hydrogen) atoms. The zero-order chi connectivity index (χ0) is 15.3. The molecular weight excluding hydrogens is 284 g/mol. The number of ether oxygens (including phenoxy) is 2. The van der Waals surface area contributed by atoms with Crippen LogP contribution in [-0.4, -0.2) is 41.6 Å². The third-order valence-corrected chi connectivity index (χ3v) is 4.18. The zero-order valence-corrected chi connectivity index (χ0v) is 12.6. The minimum absolute atomic E-state index is 0.00842. The molecule has 7 nitrogen and oxygen atoms in total. The standard InChI is InChI=1S/C12H18N2O5S/c1-8(12(15)13-2)14-20(16,17)9-5-6-10(18-3)11(7-9)19-4/h5-8,14H,1-4H3,(H,13,15). The molecule has 1 rings (SSSR count). The molecule has 0 saturated heterocycles. The number of amides is 1. The first kappa shape index (κ1) is 16.3. The highest BCUT2D eigenvalue weighted by Gasteiger charge is 2.22. The van der Waals surface area contributed by atoms with Crippen molar-refractivity contribution in [2.75, 3.05) is 21.3 Å². The van der Waals surface area contributed by atoms with Crippen LogP contribution in [0.4, 0.5) is 0 Å². The molecule has 0 aliphatic rings. The molecule has 8 heteroatoms. The van der Waals surface area contributed by atoms with E-state index in [4.69, 9.17) is 9.47 Å². The molecule has 0 heterocycles. The van der Waals surface area contributed by atoms with Gasteiger partial charge in [0.15, 0.2) is 11.5 Å². The Morgan fingerprint density at radius 1 is 1.20 bits per heavy atom. The third kappa shape index (κ3) is 3.61. The van der Waals surface area contributed by atoms with Gasteiger partial charge in [-0.15, -0.1) is 0 Å². The second-order valence-corrected chi connectivity index (χ2v) is 5.69. The molecule has 0 spiro atoms. The molecule has 0 aliphatic heterocycles. The van der Waals surface area contributed by atoms with Crippen LogP contribution in [0.1, 0.15) is 6.92 Å². The van der Waals surface area contributed by atoms with E-state index in [2.05, 4.69) is 10.0 Å². The van der Waals surface area contributed by atoms with Crippen molar-refractivity contribution >= 4 is 15.9 Å². The number of hydrogen-bond acceptors (Lipinski definition) is 5. The fourth-order valence-corrected chi connectivity index (χ4v) is 2.77. The van der Waals surface area contributed by atoms with Gasteiger partial charge in [0.1, 0.15) is 0 Å². The van der Waals surface area contributed by atoms with Crippen LogP contribution in [0.15, 0.2) is 23.1 Å². The van der Waals surface area contributed by atoms with Crippen LogP contribution in [0, 0.1) is 0 Å². The number of carbonyl (C=O) groups excluding carboxylic acids is 1. The lowest BCUT2D eigenvalue weighted by Gasteiger charge is -2.14. The van der Waals surface area contributed by atoms with Crippen LogP contribution >= 0.6 is 0 Å². The van der Waals surface area contributed by atoms with Crippen molar-refractivity contribution < 1.29 is 22.7 Å². The number of methoxy groups -OCH3 is 2. The summed E-state index contributed by atoms with van der Waals surface area (Å²) < 4.78 is 36.6. The SMILES string of the molecule is CNC(=O)C(C)NS(=O)(=O)c1ccc(OC)c(OC)c1. The summed E-state index contributed by atoms with van der Waals surface area (Å²) in [5.41, 5.74) is 0. The largest absolute Gasteiger partial charge is 0.493 e. The Morgan fingerprint density at radius 2 is 1.80 bits per heavy atom. The van der Waals surface area contributed by atoms with Crippen molar-refractivity contribution in [3.63, 3.8) is 0 Å². The monoisotopic (exact) mass is 302 g/mol. The average Bonchev–Trinajstić information content (AvgIpc) is 2.44. The first-order chi connectivity index (χ1) is 9.35. The van der Waals surface area contributed by atoms with Crippen molar-refractivity contribution in [1.82, 2.24) is 10.0 Å². The van der Waals surface area contributed by atoms with E-state index in [1.165, 1.54) is 46.4 Å². The van der Waals surface area contributed by atoms with Crippen molar-refractivity contribution in [3.05, 3.63) is 18.2 Å². The molecule has 1 aromatic rings. The van der Waals surface area contributed by atoms with Crippen LogP contribution in [0.25, 0.3) is 0 Å². The molecular formula is C12H18N2O5S. The quantitative estimate of drug-likeness (QED) is 0.778. The number of hydrogen-bond donors (Lipinski definition) is 2. The first-order valence-corrected chi connectivity index (χ1v) is 7.30. The van der Waals surface area contributed by atoms with Crippen molar-refractivity contribution in [1.29, 1.82) is 0 Å². The van der Waals surface area contributed by atoms with Gasteiger partial charge < -0.3 is 14.8 Å². The maximum Gasteiger partial charge on any atom is 0.241 e. The number of carbonyl (C=O) groups is 1. The predicted molar refractivity (Wildman–Crippen MR) is 73.4 cm³/mol. The lowest BCUT2D eigenvalue weighted by molar-refractivity contribution is -0.121. The summed E-state index contributed by atoms with van der Waals surface area (Å²) in [6, 6.07) is 3.31. The Morgan fingerprint density at radius 3 is 2.30 bits per heavy atom. The highest BCUT2D eigenvalue weighted by atomic mass is 32.2. The van der Waals surface area contributed by atoms with Crippen molar-refractivity contribution in [2.24, 2.45) is 0 Å². The minimum Gasteiger partial charge on any atom is -0.493 e. The van der Waals surface area contributed by atoms with E-state index in [0.29, 0.717) is 11.5 Å². The van der Waals surface area contributed by atoms with Gasteiger partial charge in [-0.1, -0.05) is 0 Å². The van der Waals surface area contributed by atoms with Crippen molar-refractivity contribution in [2.45, 2.75) is 17.9 Å². The molecule has 1 aromatic carbocycles. The molecule has 1 atom stereocenters. The smallest absolute Gasteiger partial charge is 0.241 e. The number of rotatable bonds is 6.